The van der Waals surface area contributed by atoms with Crippen LogP contribution in [0.2, 0.25) is 0 Å². The molecule has 0 unspecified atom stereocenters. The number of thioether (sulfide) groups is 1. The second-order valence-electron chi connectivity index (χ2n) is 7.49. The normalized spacial score (nSPS) is 14.3. The fourth-order valence-corrected chi connectivity index (χ4v) is 5.05. The Morgan fingerprint density at radius 2 is 1.89 bits per heavy atom. The Hall–Kier alpha value is -3.36. The zero-order valence-electron chi connectivity index (χ0n) is 18.5. The number of carbonyl (C=O) groups excluding carboxylic acids is 2. The molecule has 6 nitrogen and oxygen atoms in total. The molecule has 9 heteroatoms. The highest BCUT2D eigenvalue weighted by Gasteiger charge is 2.35. The molecule has 3 aromatic carbocycles. The monoisotopic (exact) mass is 600 g/mol. The van der Waals surface area contributed by atoms with Crippen molar-refractivity contribution in [2.75, 3.05) is 7.11 Å². The minimum Gasteiger partial charge on any atom is -0.493 e. The molecule has 0 bridgehead atoms. The van der Waals surface area contributed by atoms with Crippen molar-refractivity contribution in [2.45, 2.75) is 13.2 Å². The maximum absolute atomic E-state index is 13.2. The quantitative estimate of drug-likeness (QED) is 0.240. The van der Waals surface area contributed by atoms with E-state index >= 15 is 0 Å². The fourth-order valence-electron chi connectivity index (χ4n) is 3.43. The molecule has 0 aromatic heterocycles. The second kappa shape index (κ2) is 10.9. The molecule has 0 aliphatic carbocycles. The lowest BCUT2D eigenvalue weighted by Crippen LogP contribution is -2.27. The fraction of sp³-hybridized carbons (Fsp3) is 0.115. The largest absolute Gasteiger partial charge is 0.493 e. The Morgan fingerprint density at radius 3 is 2.60 bits per heavy atom. The third kappa shape index (κ3) is 5.66. The molecule has 0 atom stereocenters. The molecular weight excluding hydrogens is 582 g/mol. The predicted molar refractivity (Wildman–Crippen MR) is 139 cm³/mol. The molecule has 1 saturated heterocycles. The first-order valence-corrected chi connectivity index (χ1v) is 12.3. The van der Waals surface area contributed by atoms with Gasteiger partial charge in [0.05, 0.1) is 33.8 Å². The van der Waals surface area contributed by atoms with Gasteiger partial charge in [0.1, 0.15) is 12.4 Å². The summed E-state index contributed by atoms with van der Waals surface area (Å²) in [6, 6.07) is 18.6. The number of imide groups is 1. The molecule has 176 valence electrons. The third-order valence-corrected chi connectivity index (χ3v) is 6.90. The van der Waals surface area contributed by atoms with Crippen LogP contribution in [0.1, 0.15) is 22.3 Å². The number of methoxy groups -OCH3 is 1. The van der Waals surface area contributed by atoms with Crippen LogP contribution in [-0.2, 0) is 17.9 Å². The highest BCUT2D eigenvalue weighted by molar-refractivity contribution is 14.1. The number of ether oxygens (including phenoxy) is 2. The van der Waals surface area contributed by atoms with Crippen molar-refractivity contribution < 1.29 is 23.5 Å². The highest BCUT2D eigenvalue weighted by Crippen LogP contribution is 2.38. The van der Waals surface area contributed by atoms with Gasteiger partial charge in [0.25, 0.3) is 11.1 Å². The van der Waals surface area contributed by atoms with Crippen molar-refractivity contribution in [3.05, 3.63) is 97.2 Å². The molecule has 0 saturated carbocycles. The van der Waals surface area contributed by atoms with Gasteiger partial charge < -0.3 is 9.47 Å². The van der Waals surface area contributed by atoms with E-state index in [9.17, 15) is 19.2 Å². The van der Waals surface area contributed by atoms with Crippen molar-refractivity contribution >= 4 is 51.6 Å². The second-order valence-corrected chi connectivity index (χ2v) is 9.64. The summed E-state index contributed by atoms with van der Waals surface area (Å²) in [6.45, 7) is 0.262. The minimum absolute atomic E-state index is 0.0695. The Bertz CT molecular complexity index is 1370. The van der Waals surface area contributed by atoms with E-state index in [2.05, 4.69) is 28.7 Å². The molecule has 1 aliphatic rings. The maximum atomic E-state index is 13.2. The van der Waals surface area contributed by atoms with Crippen molar-refractivity contribution in [2.24, 2.45) is 0 Å². The van der Waals surface area contributed by atoms with Crippen LogP contribution in [0, 0.1) is 20.7 Å². The van der Waals surface area contributed by atoms with Gasteiger partial charge in [-0.25, -0.2) is 4.39 Å². The number of hydrogen-bond donors (Lipinski definition) is 0. The molecule has 0 spiro atoms. The SMILES string of the molecule is COc1cc(/C=C2/SC(=O)N(Cc3ccc(F)cc3)C2=O)cc(I)c1OCc1ccccc1C#N. The Labute approximate surface area is 219 Å². The van der Waals surface area contributed by atoms with Crippen LogP contribution in [0.4, 0.5) is 9.18 Å². The van der Waals surface area contributed by atoms with E-state index in [1.807, 2.05) is 18.2 Å². The first kappa shape index (κ1) is 24.8. The summed E-state index contributed by atoms with van der Waals surface area (Å²) in [4.78, 5) is 26.8. The lowest BCUT2D eigenvalue weighted by molar-refractivity contribution is -0.123. The molecule has 35 heavy (non-hydrogen) atoms. The molecule has 0 N–H and O–H groups in total. The van der Waals surface area contributed by atoms with Crippen LogP contribution in [0.25, 0.3) is 6.08 Å². The van der Waals surface area contributed by atoms with Gasteiger partial charge in [0.2, 0.25) is 0 Å². The standard InChI is InChI=1S/C26H18FIN2O4S/c1-33-22-11-17(10-21(28)24(22)34-15-19-5-3-2-4-18(19)13-29)12-23-25(31)30(26(32)35-23)14-16-6-8-20(27)9-7-16/h2-12H,14-15H2,1H3/b23-12+. The lowest BCUT2D eigenvalue weighted by atomic mass is 10.1. The first-order chi connectivity index (χ1) is 16.9. The van der Waals surface area contributed by atoms with Crippen molar-refractivity contribution in [3.63, 3.8) is 0 Å². The van der Waals surface area contributed by atoms with E-state index in [1.165, 1.54) is 19.2 Å². The van der Waals surface area contributed by atoms with Crippen molar-refractivity contribution in [3.8, 4) is 17.6 Å². The van der Waals surface area contributed by atoms with Gasteiger partial charge in [-0.15, -0.1) is 0 Å². The summed E-state index contributed by atoms with van der Waals surface area (Å²) >= 11 is 2.97. The van der Waals surface area contributed by atoms with Crippen LogP contribution >= 0.6 is 34.4 Å². The van der Waals surface area contributed by atoms with Gasteiger partial charge in [0.15, 0.2) is 11.5 Å². The van der Waals surface area contributed by atoms with Crippen LogP contribution in [0.5, 0.6) is 11.5 Å². The Morgan fingerprint density at radius 1 is 1.14 bits per heavy atom. The summed E-state index contributed by atoms with van der Waals surface area (Å²) in [5.41, 5.74) is 2.62. The lowest BCUT2D eigenvalue weighted by Gasteiger charge is -2.14. The van der Waals surface area contributed by atoms with E-state index in [4.69, 9.17) is 9.47 Å². The van der Waals surface area contributed by atoms with Crippen LogP contribution < -0.4 is 9.47 Å². The predicted octanol–water partition coefficient (Wildman–Crippen LogP) is 6.13. The molecule has 1 aliphatic heterocycles. The Balaban J connectivity index is 1.54. The van der Waals surface area contributed by atoms with Crippen LogP contribution in [0.3, 0.4) is 0 Å². The smallest absolute Gasteiger partial charge is 0.293 e. The van der Waals surface area contributed by atoms with E-state index < -0.39 is 5.91 Å². The van der Waals surface area contributed by atoms with Gasteiger partial charge in [-0.05, 0) is 81.9 Å². The minimum atomic E-state index is -0.410. The van der Waals surface area contributed by atoms with Crippen molar-refractivity contribution in [1.29, 1.82) is 5.26 Å². The van der Waals surface area contributed by atoms with Gasteiger partial charge >= 0.3 is 0 Å². The van der Waals surface area contributed by atoms with Crippen LogP contribution in [0.15, 0.2) is 65.6 Å². The molecule has 0 radical (unpaired) electrons. The maximum Gasteiger partial charge on any atom is 0.293 e. The average molecular weight is 600 g/mol. The van der Waals surface area contributed by atoms with E-state index in [0.717, 1.165) is 25.8 Å². The number of rotatable bonds is 7. The van der Waals surface area contributed by atoms with E-state index in [1.54, 1.807) is 36.4 Å². The van der Waals surface area contributed by atoms with Crippen molar-refractivity contribution in [1.82, 2.24) is 4.90 Å². The number of hydrogen-bond acceptors (Lipinski definition) is 6. The number of carbonyl (C=O) groups is 2. The van der Waals surface area contributed by atoms with Gasteiger partial charge in [0, 0.05) is 5.56 Å². The third-order valence-electron chi connectivity index (χ3n) is 5.19. The van der Waals surface area contributed by atoms with E-state index in [0.29, 0.717) is 28.2 Å². The number of amides is 2. The number of nitrogens with zero attached hydrogens (tertiary/aromatic N) is 2. The van der Waals surface area contributed by atoms with Gasteiger partial charge in [-0.3, -0.25) is 14.5 Å². The van der Waals surface area contributed by atoms with Crippen LogP contribution in [-0.4, -0.2) is 23.2 Å². The topological polar surface area (TPSA) is 79.6 Å². The highest BCUT2D eigenvalue weighted by atomic mass is 127. The first-order valence-electron chi connectivity index (χ1n) is 10.4. The van der Waals surface area contributed by atoms with Gasteiger partial charge in [-0.2, -0.15) is 5.26 Å². The molecular formula is C26H18FIN2O4S. The van der Waals surface area contributed by atoms with Gasteiger partial charge in [-0.1, -0.05) is 30.3 Å². The summed E-state index contributed by atoms with van der Waals surface area (Å²) in [7, 11) is 1.52. The molecule has 1 fully saturated rings. The molecule has 4 rings (SSSR count). The summed E-state index contributed by atoms with van der Waals surface area (Å²) in [6.07, 6.45) is 1.63. The molecule has 2 amide bonds. The number of nitriles is 1. The summed E-state index contributed by atoms with van der Waals surface area (Å²) in [5.74, 6) is 0.185. The summed E-state index contributed by atoms with van der Waals surface area (Å²) < 4.78 is 25.4. The summed E-state index contributed by atoms with van der Waals surface area (Å²) in [5, 5.41) is 8.90. The zero-order chi connectivity index (χ0) is 24.9. The Kier molecular flexibility index (Phi) is 7.73. The number of benzene rings is 3. The molecule has 3 aromatic rings. The zero-order valence-corrected chi connectivity index (χ0v) is 21.4. The average Bonchev–Trinajstić information content (AvgIpc) is 3.11. The number of halogens is 2. The molecule has 1 heterocycles. The van der Waals surface area contributed by atoms with E-state index in [-0.39, 0.29) is 29.1 Å².